The van der Waals surface area contributed by atoms with Gasteiger partial charge in [-0.2, -0.15) is 5.10 Å². The Morgan fingerprint density at radius 2 is 1.65 bits per heavy atom. The average Bonchev–Trinajstić information content (AvgIpc) is 2.69. The molecule has 5 heteroatoms. The second-order valence-corrected chi connectivity index (χ2v) is 5.52. The van der Waals surface area contributed by atoms with E-state index in [0.717, 1.165) is 5.56 Å². The summed E-state index contributed by atoms with van der Waals surface area (Å²) in [6.45, 7) is 0.365. The normalized spacial score (nSPS) is 10.7. The number of carbonyl (C=O) groups excluding carboxylic acids is 1. The molecule has 0 aliphatic heterocycles. The number of halogens is 1. The lowest BCUT2D eigenvalue weighted by atomic mass is 10.2. The van der Waals surface area contributed by atoms with Gasteiger partial charge in [0, 0.05) is 0 Å². The van der Waals surface area contributed by atoms with Crippen molar-refractivity contribution in [3.63, 3.8) is 0 Å². The standard InChI is InChI=1S/C21H17FN2O2/c22-18-12-10-16(11-13-18)14-23-24-21(25)19-8-4-5-9-20(19)26-15-17-6-2-1-3-7-17/h1-14H,15H2,(H,24,25). The van der Waals surface area contributed by atoms with Crippen LogP contribution in [0.4, 0.5) is 4.39 Å². The van der Waals surface area contributed by atoms with Gasteiger partial charge in [-0.3, -0.25) is 4.79 Å². The van der Waals surface area contributed by atoms with E-state index < -0.39 is 0 Å². The molecule has 3 aromatic rings. The van der Waals surface area contributed by atoms with E-state index in [9.17, 15) is 9.18 Å². The molecule has 0 fully saturated rings. The van der Waals surface area contributed by atoms with Crippen LogP contribution in [0.2, 0.25) is 0 Å². The van der Waals surface area contributed by atoms with Crippen LogP contribution in [0.5, 0.6) is 5.75 Å². The predicted octanol–water partition coefficient (Wildman–Crippen LogP) is 4.17. The highest BCUT2D eigenvalue weighted by molar-refractivity contribution is 5.97. The maximum Gasteiger partial charge on any atom is 0.275 e. The van der Waals surface area contributed by atoms with Crippen LogP contribution in [0.25, 0.3) is 0 Å². The Hall–Kier alpha value is -3.47. The van der Waals surface area contributed by atoms with Gasteiger partial charge >= 0.3 is 0 Å². The van der Waals surface area contributed by atoms with Gasteiger partial charge in [-0.1, -0.05) is 54.6 Å². The van der Waals surface area contributed by atoms with Gasteiger partial charge in [-0.25, -0.2) is 9.82 Å². The zero-order chi connectivity index (χ0) is 18.2. The highest BCUT2D eigenvalue weighted by Crippen LogP contribution is 2.19. The third-order valence-electron chi connectivity index (χ3n) is 3.62. The molecule has 0 spiro atoms. The Kier molecular flexibility index (Phi) is 5.72. The summed E-state index contributed by atoms with van der Waals surface area (Å²) >= 11 is 0. The number of nitrogens with one attached hydrogen (secondary N) is 1. The molecule has 0 aliphatic rings. The van der Waals surface area contributed by atoms with Crippen LogP contribution in [0.3, 0.4) is 0 Å². The number of nitrogens with zero attached hydrogens (tertiary/aromatic N) is 1. The fraction of sp³-hybridized carbons (Fsp3) is 0.0476. The molecule has 0 bridgehead atoms. The fourth-order valence-corrected chi connectivity index (χ4v) is 2.29. The van der Waals surface area contributed by atoms with E-state index in [1.807, 2.05) is 30.3 Å². The van der Waals surface area contributed by atoms with Crippen molar-refractivity contribution >= 4 is 12.1 Å². The molecular weight excluding hydrogens is 331 g/mol. The van der Waals surface area contributed by atoms with Gasteiger partial charge in [0.2, 0.25) is 0 Å². The largest absolute Gasteiger partial charge is 0.488 e. The zero-order valence-electron chi connectivity index (χ0n) is 13.9. The molecule has 1 N–H and O–H groups in total. The van der Waals surface area contributed by atoms with Crippen molar-refractivity contribution in [3.8, 4) is 5.75 Å². The molecule has 1 amide bonds. The van der Waals surface area contributed by atoms with Gasteiger partial charge in [0.25, 0.3) is 5.91 Å². The minimum absolute atomic E-state index is 0.323. The van der Waals surface area contributed by atoms with Gasteiger partial charge in [-0.05, 0) is 35.4 Å². The van der Waals surface area contributed by atoms with E-state index in [1.165, 1.54) is 18.3 Å². The highest BCUT2D eigenvalue weighted by Gasteiger charge is 2.11. The van der Waals surface area contributed by atoms with Crippen LogP contribution in [0.15, 0.2) is 84.0 Å². The van der Waals surface area contributed by atoms with Crippen LogP contribution in [0, 0.1) is 5.82 Å². The average molecular weight is 348 g/mol. The minimum atomic E-state index is -0.382. The second kappa shape index (κ2) is 8.58. The lowest BCUT2D eigenvalue weighted by molar-refractivity contribution is 0.0950. The summed E-state index contributed by atoms with van der Waals surface area (Å²) in [4.78, 5) is 12.4. The zero-order valence-corrected chi connectivity index (χ0v) is 13.9. The van der Waals surface area contributed by atoms with Crippen molar-refractivity contribution in [2.24, 2.45) is 5.10 Å². The third-order valence-corrected chi connectivity index (χ3v) is 3.62. The molecule has 3 rings (SSSR count). The Morgan fingerprint density at radius 1 is 0.962 bits per heavy atom. The van der Waals surface area contributed by atoms with Gasteiger partial charge in [-0.15, -0.1) is 0 Å². The fourth-order valence-electron chi connectivity index (χ4n) is 2.29. The number of ether oxygens (including phenoxy) is 1. The Bertz CT molecular complexity index is 893. The van der Waals surface area contributed by atoms with Crippen molar-refractivity contribution in [3.05, 3.63) is 101 Å². The van der Waals surface area contributed by atoms with Crippen molar-refractivity contribution in [1.82, 2.24) is 5.43 Å². The highest BCUT2D eigenvalue weighted by atomic mass is 19.1. The summed E-state index contributed by atoms with van der Waals surface area (Å²) in [7, 11) is 0. The minimum Gasteiger partial charge on any atom is -0.488 e. The Labute approximate surface area is 150 Å². The van der Waals surface area contributed by atoms with Crippen LogP contribution < -0.4 is 10.2 Å². The van der Waals surface area contributed by atoms with Crippen LogP contribution in [-0.4, -0.2) is 12.1 Å². The van der Waals surface area contributed by atoms with Gasteiger partial charge < -0.3 is 4.74 Å². The van der Waals surface area contributed by atoms with E-state index in [0.29, 0.717) is 23.5 Å². The first kappa shape index (κ1) is 17.4. The van der Waals surface area contributed by atoms with E-state index in [1.54, 1.807) is 36.4 Å². The molecule has 130 valence electrons. The summed E-state index contributed by atoms with van der Waals surface area (Å²) in [5.41, 5.74) is 4.54. The Balaban J connectivity index is 1.64. The number of para-hydroxylation sites is 1. The SMILES string of the molecule is O=C(NN=Cc1ccc(F)cc1)c1ccccc1OCc1ccccc1. The van der Waals surface area contributed by atoms with Crippen LogP contribution in [0.1, 0.15) is 21.5 Å². The topological polar surface area (TPSA) is 50.7 Å². The summed E-state index contributed by atoms with van der Waals surface area (Å²) in [6.07, 6.45) is 1.45. The van der Waals surface area contributed by atoms with E-state index in [2.05, 4.69) is 10.5 Å². The molecule has 0 atom stereocenters. The molecule has 0 aliphatic carbocycles. The maximum atomic E-state index is 12.9. The number of hydrogen-bond acceptors (Lipinski definition) is 3. The molecule has 26 heavy (non-hydrogen) atoms. The van der Waals surface area contributed by atoms with Crippen molar-refractivity contribution in [2.45, 2.75) is 6.61 Å². The number of benzene rings is 3. The molecule has 0 saturated heterocycles. The Morgan fingerprint density at radius 3 is 2.42 bits per heavy atom. The quantitative estimate of drug-likeness (QED) is 0.537. The molecule has 0 unspecified atom stereocenters. The first-order chi connectivity index (χ1) is 12.7. The first-order valence-electron chi connectivity index (χ1n) is 8.07. The number of hydrazone groups is 1. The van der Waals surface area contributed by atoms with Crippen LogP contribution >= 0.6 is 0 Å². The molecule has 0 radical (unpaired) electrons. The third kappa shape index (κ3) is 4.77. The summed E-state index contributed by atoms with van der Waals surface area (Å²) < 4.78 is 18.6. The lowest BCUT2D eigenvalue weighted by Crippen LogP contribution is -2.18. The molecular formula is C21H17FN2O2. The van der Waals surface area contributed by atoms with Crippen molar-refractivity contribution in [2.75, 3.05) is 0 Å². The summed E-state index contributed by atoms with van der Waals surface area (Å²) in [5, 5.41) is 3.90. The first-order valence-corrected chi connectivity index (χ1v) is 8.07. The second-order valence-electron chi connectivity index (χ2n) is 5.52. The number of amides is 1. The molecule has 0 heterocycles. The van der Waals surface area contributed by atoms with Gasteiger partial charge in [0.15, 0.2) is 0 Å². The van der Waals surface area contributed by atoms with E-state index in [4.69, 9.17) is 4.74 Å². The van der Waals surface area contributed by atoms with E-state index >= 15 is 0 Å². The van der Waals surface area contributed by atoms with Gasteiger partial charge in [0.05, 0.1) is 11.8 Å². The van der Waals surface area contributed by atoms with E-state index in [-0.39, 0.29) is 11.7 Å². The molecule has 0 saturated carbocycles. The number of carbonyl (C=O) groups is 1. The summed E-state index contributed by atoms with van der Waals surface area (Å²) in [6, 6.07) is 22.5. The number of rotatable bonds is 6. The molecule has 4 nitrogen and oxygen atoms in total. The predicted molar refractivity (Wildman–Crippen MR) is 98.7 cm³/mol. The lowest BCUT2D eigenvalue weighted by Gasteiger charge is -2.10. The molecule has 3 aromatic carbocycles. The monoisotopic (exact) mass is 348 g/mol. The van der Waals surface area contributed by atoms with Crippen LogP contribution in [-0.2, 0) is 6.61 Å². The number of hydrogen-bond donors (Lipinski definition) is 1. The van der Waals surface area contributed by atoms with Crippen molar-refractivity contribution in [1.29, 1.82) is 0 Å². The van der Waals surface area contributed by atoms with Crippen molar-refractivity contribution < 1.29 is 13.9 Å². The summed E-state index contributed by atoms with van der Waals surface area (Å²) in [5.74, 6) is -0.228. The molecule has 0 aromatic heterocycles. The smallest absolute Gasteiger partial charge is 0.275 e. The van der Waals surface area contributed by atoms with Gasteiger partial charge in [0.1, 0.15) is 18.2 Å². The maximum absolute atomic E-state index is 12.9.